The van der Waals surface area contributed by atoms with Gasteiger partial charge in [-0.25, -0.2) is 0 Å². The molecule has 1 aliphatic heterocycles. The van der Waals surface area contributed by atoms with Gasteiger partial charge in [0, 0.05) is 19.1 Å². The summed E-state index contributed by atoms with van der Waals surface area (Å²) in [5.41, 5.74) is 0. The zero-order valence-electron chi connectivity index (χ0n) is 12.2. The molecule has 5 heteroatoms. The van der Waals surface area contributed by atoms with Crippen molar-refractivity contribution in [3.05, 3.63) is 0 Å². The number of nitrogens with one attached hydrogen (secondary N) is 1. The van der Waals surface area contributed by atoms with E-state index in [2.05, 4.69) is 25.2 Å². The Bertz CT molecular complexity index is 325. The normalized spacial score (nSPS) is 22.5. The fraction of sp³-hybridized carbons (Fsp3) is 0.857. The Hall–Kier alpha value is -1.12. The van der Waals surface area contributed by atoms with E-state index in [0.29, 0.717) is 38.6 Å². The maximum atomic E-state index is 12.6. The summed E-state index contributed by atoms with van der Waals surface area (Å²) in [6.45, 7) is 9.33. The molecule has 2 atom stereocenters. The molecule has 2 unspecified atom stereocenters. The molecule has 1 aliphatic rings. The molecule has 0 aromatic heterocycles. The van der Waals surface area contributed by atoms with Gasteiger partial charge in [-0.2, -0.15) is 5.26 Å². The molecule has 1 saturated heterocycles. The van der Waals surface area contributed by atoms with Crippen LogP contribution in [0.25, 0.3) is 0 Å². The molecule has 0 saturated carbocycles. The number of nitriles is 1. The van der Waals surface area contributed by atoms with Gasteiger partial charge in [0.05, 0.1) is 31.6 Å². The minimum absolute atomic E-state index is 0.106. The molecular weight excluding hydrogens is 242 g/mol. The van der Waals surface area contributed by atoms with Crippen LogP contribution in [0.4, 0.5) is 0 Å². The lowest BCUT2D eigenvalue weighted by molar-refractivity contribution is -0.136. The van der Waals surface area contributed by atoms with E-state index < -0.39 is 0 Å². The molecule has 0 spiro atoms. The third kappa shape index (κ3) is 4.81. The number of hydrogen-bond acceptors (Lipinski definition) is 4. The number of ether oxygens (including phenoxy) is 1. The first-order valence-corrected chi connectivity index (χ1v) is 7.07. The van der Waals surface area contributed by atoms with Gasteiger partial charge >= 0.3 is 0 Å². The number of hydrogen-bond donors (Lipinski definition) is 1. The van der Waals surface area contributed by atoms with Crippen LogP contribution in [-0.4, -0.2) is 49.7 Å². The Morgan fingerprint density at radius 3 is 2.84 bits per heavy atom. The Morgan fingerprint density at radius 1 is 1.53 bits per heavy atom. The van der Waals surface area contributed by atoms with Crippen molar-refractivity contribution < 1.29 is 9.53 Å². The van der Waals surface area contributed by atoms with Gasteiger partial charge in [-0.05, 0) is 12.5 Å². The van der Waals surface area contributed by atoms with Crippen LogP contribution in [0.3, 0.4) is 0 Å². The van der Waals surface area contributed by atoms with Crippen molar-refractivity contribution in [2.24, 2.45) is 11.8 Å². The highest BCUT2D eigenvalue weighted by molar-refractivity contribution is 5.80. The van der Waals surface area contributed by atoms with Crippen molar-refractivity contribution in [3.8, 4) is 6.07 Å². The molecule has 5 nitrogen and oxygen atoms in total. The Labute approximate surface area is 115 Å². The van der Waals surface area contributed by atoms with Crippen molar-refractivity contribution in [1.82, 2.24) is 10.2 Å². The van der Waals surface area contributed by atoms with Crippen LogP contribution in [0.5, 0.6) is 0 Å². The predicted molar refractivity (Wildman–Crippen MR) is 73.4 cm³/mol. The van der Waals surface area contributed by atoms with E-state index in [-0.39, 0.29) is 17.9 Å². The second kappa shape index (κ2) is 8.13. The van der Waals surface area contributed by atoms with E-state index in [0.717, 1.165) is 6.54 Å². The number of nitrogens with zero attached hydrogens (tertiary/aromatic N) is 2. The van der Waals surface area contributed by atoms with Crippen molar-refractivity contribution in [2.45, 2.75) is 33.2 Å². The molecule has 0 aromatic rings. The zero-order valence-corrected chi connectivity index (χ0v) is 12.2. The predicted octanol–water partition coefficient (Wildman–Crippen LogP) is 1.01. The second-order valence-electron chi connectivity index (χ2n) is 5.39. The number of likely N-dealkylation sites (N-methyl/N-ethyl adjacent to an activating group) is 1. The third-order valence-electron chi connectivity index (χ3n) is 3.25. The minimum Gasteiger partial charge on any atom is -0.379 e. The van der Waals surface area contributed by atoms with Crippen molar-refractivity contribution in [3.63, 3.8) is 0 Å². The van der Waals surface area contributed by atoms with Crippen molar-refractivity contribution in [2.75, 3.05) is 32.8 Å². The van der Waals surface area contributed by atoms with E-state index in [4.69, 9.17) is 10.00 Å². The molecule has 1 heterocycles. The van der Waals surface area contributed by atoms with Crippen molar-refractivity contribution >= 4 is 5.91 Å². The fourth-order valence-electron chi connectivity index (χ4n) is 2.41. The Kier molecular flexibility index (Phi) is 6.82. The summed E-state index contributed by atoms with van der Waals surface area (Å²) >= 11 is 0. The Morgan fingerprint density at radius 2 is 2.26 bits per heavy atom. The van der Waals surface area contributed by atoms with E-state index >= 15 is 0 Å². The highest BCUT2D eigenvalue weighted by atomic mass is 16.5. The lowest BCUT2D eigenvalue weighted by Gasteiger charge is -2.28. The summed E-state index contributed by atoms with van der Waals surface area (Å²) < 4.78 is 5.43. The second-order valence-corrected chi connectivity index (χ2v) is 5.39. The molecule has 0 bridgehead atoms. The van der Waals surface area contributed by atoms with Gasteiger partial charge in [0.1, 0.15) is 0 Å². The summed E-state index contributed by atoms with van der Waals surface area (Å²) in [4.78, 5) is 14.4. The topological polar surface area (TPSA) is 65.4 Å². The number of amides is 1. The largest absolute Gasteiger partial charge is 0.379 e. The number of rotatable bonds is 7. The summed E-state index contributed by atoms with van der Waals surface area (Å²) in [5.74, 6) is 0.410. The zero-order chi connectivity index (χ0) is 14.3. The molecule has 1 amide bonds. The summed E-state index contributed by atoms with van der Waals surface area (Å²) in [7, 11) is 0. The molecule has 108 valence electrons. The maximum absolute atomic E-state index is 12.6. The lowest BCUT2D eigenvalue weighted by Crippen LogP contribution is -2.47. The molecule has 0 aromatic carbocycles. The minimum atomic E-state index is -0.114. The van der Waals surface area contributed by atoms with Gasteiger partial charge in [0.15, 0.2) is 0 Å². The van der Waals surface area contributed by atoms with Crippen LogP contribution in [-0.2, 0) is 9.53 Å². The van der Waals surface area contributed by atoms with Gasteiger partial charge in [0.2, 0.25) is 5.91 Å². The average molecular weight is 267 g/mol. The van der Waals surface area contributed by atoms with E-state index in [1.165, 1.54) is 0 Å². The van der Waals surface area contributed by atoms with Gasteiger partial charge in [-0.1, -0.05) is 20.8 Å². The van der Waals surface area contributed by atoms with Crippen LogP contribution in [0, 0.1) is 23.2 Å². The first-order chi connectivity index (χ1) is 9.10. The molecular formula is C14H25N3O2. The molecule has 0 radical (unpaired) electrons. The van der Waals surface area contributed by atoms with Crippen LogP contribution in [0.1, 0.15) is 27.2 Å². The molecule has 1 N–H and O–H groups in total. The van der Waals surface area contributed by atoms with Gasteiger partial charge in [0.25, 0.3) is 0 Å². The van der Waals surface area contributed by atoms with Gasteiger partial charge in [-0.3, -0.25) is 4.79 Å². The van der Waals surface area contributed by atoms with Crippen LogP contribution < -0.4 is 5.32 Å². The molecule has 0 aliphatic carbocycles. The van der Waals surface area contributed by atoms with Crippen LogP contribution >= 0.6 is 0 Å². The smallest absolute Gasteiger partial charge is 0.229 e. The Balaban J connectivity index is 2.66. The molecule has 1 rings (SSSR count). The summed E-state index contributed by atoms with van der Waals surface area (Å²) in [6, 6.07) is 2.22. The first kappa shape index (κ1) is 15.9. The van der Waals surface area contributed by atoms with Gasteiger partial charge in [-0.15, -0.1) is 0 Å². The van der Waals surface area contributed by atoms with Crippen LogP contribution in [0.15, 0.2) is 0 Å². The quantitative estimate of drug-likeness (QED) is 0.747. The highest BCUT2D eigenvalue weighted by Crippen LogP contribution is 2.18. The van der Waals surface area contributed by atoms with E-state index in [9.17, 15) is 4.79 Å². The van der Waals surface area contributed by atoms with E-state index in [1.54, 1.807) is 0 Å². The SMILES string of the molecule is CCNC1COCC1C(=O)N(CCC#N)CC(C)C. The summed E-state index contributed by atoms with van der Waals surface area (Å²) in [5, 5.41) is 12.0. The van der Waals surface area contributed by atoms with Gasteiger partial charge < -0.3 is 15.0 Å². The van der Waals surface area contributed by atoms with Crippen molar-refractivity contribution in [1.29, 1.82) is 5.26 Å². The fourth-order valence-corrected chi connectivity index (χ4v) is 2.41. The molecule has 19 heavy (non-hydrogen) atoms. The number of carbonyl (C=O) groups is 1. The third-order valence-corrected chi connectivity index (χ3v) is 3.25. The van der Waals surface area contributed by atoms with E-state index in [1.807, 2.05) is 11.8 Å². The summed E-state index contributed by atoms with van der Waals surface area (Å²) in [6.07, 6.45) is 0.387. The maximum Gasteiger partial charge on any atom is 0.229 e. The monoisotopic (exact) mass is 267 g/mol. The number of carbonyl (C=O) groups excluding carboxylic acids is 1. The average Bonchev–Trinajstić information content (AvgIpc) is 2.82. The lowest BCUT2D eigenvalue weighted by atomic mass is 10.0. The highest BCUT2D eigenvalue weighted by Gasteiger charge is 2.36. The standard InChI is InChI=1S/C14H25N3O2/c1-4-16-13-10-19-9-12(13)14(18)17(7-5-6-15)8-11(2)3/h11-13,16H,4-5,7-10H2,1-3H3. The molecule has 1 fully saturated rings. The first-order valence-electron chi connectivity index (χ1n) is 7.07. The van der Waals surface area contributed by atoms with Crippen LogP contribution in [0.2, 0.25) is 0 Å².